The molecule has 4 heteroatoms. The second-order valence-corrected chi connectivity index (χ2v) is 8.97. The molecule has 5 rings (SSSR count). The van der Waals surface area contributed by atoms with Gasteiger partial charge in [0.2, 0.25) is 0 Å². The molecular weight excluding hydrogens is 467 g/mol. The zero-order valence-corrected chi connectivity index (χ0v) is 18.7. The number of rotatable bonds is 4. The number of hydrogen-bond donors (Lipinski definition) is 1. The second kappa shape index (κ2) is 9.30. The van der Waals surface area contributed by atoms with Crippen molar-refractivity contribution in [3.05, 3.63) is 132 Å². The van der Waals surface area contributed by atoms with E-state index in [4.69, 9.17) is 0 Å². The van der Waals surface area contributed by atoms with E-state index in [1.807, 2.05) is 0 Å². The fourth-order valence-corrected chi connectivity index (χ4v) is 5.72. The summed E-state index contributed by atoms with van der Waals surface area (Å²) in [6.45, 7) is 0. The molecule has 0 amide bonds. The molecule has 0 bridgehead atoms. The molecule has 4 aromatic rings. The van der Waals surface area contributed by atoms with Gasteiger partial charge >= 0.3 is 191 Å². The molecule has 1 N–H and O–H groups in total. The van der Waals surface area contributed by atoms with E-state index in [0.29, 0.717) is 0 Å². The molecule has 31 heavy (non-hydrogen) atoms. The molecule has 1 aliphatic rings. The van der Waals surface area contributed by atoms with Gasteiger partial charge in [0.25, 0.3) is 0 Å². The number of hydrazine groups is 1. The Morgan fingerprint density at radius 1 is 0.613 bits per heavy atom. The summed E-state index contributed by atoms with van der Waals surface area (Å²) < 4.78 is 3.66. The van der Waals surface area contributed by atoms with Crippen molar-refractivity contribution in [1.29, 1.82) is 0 Å². The zero-order valence-electron chi connectivity index (χ0n) is 16.9. The molecule has 154 valence electrons. The van der Waals surface area contributed by atoms with Crippen LogP contribution in [0, 0.1) is 0 Å². The van der Waals surface area contributed by atoms with Crippen LogP contribution in [-0.4, -0.2) is 8.96 Å². The van der Waals surface area contributed by atoms with Gasteiger partial charge in [0.1, 0.15) is 0 Å². The molecule has 4 aromatic carbocycles. The molecule has 0 aromatic heterocycles. The minimum atomic E-state index is -0.205. The van der Waals surface area contributed by atoms with Crippen LogP contribution in [0.1, 0.15) is 17.3 Å². The van der Waals surface area contributed by atoms with Crippen LogP contribution < -0.4 is 15.3 Å². The number of para-hydroxylation sites is 2. The Morgan fingerprint density at radius 2 is 1.13 bits per heavy atom. The van der Waals surface area contributed by atoms with Crippen molar-refractivity contribution in [2.75, 3.05) is 9.91 Å². The van der Waals surface area contributed by atoms with Gasteiger partial charge < -0.3 is 0 Å². The van der Waals surface area contributed by atoms with Gasteiger partial charge in [0.05, 0.1) is 0 Å². The summed E-state index contributed by atoms with van der Waals surface area (Å²) in [5, 5.41) is 2.27. The molecule has 0 spiro atoms. The van der Waals surface area contributed by atoms with Gasteiger partial charge in [-0.05, 0) is 0 Å². The van der Waals surface area contributed by atoms with E-state index < -0.39 is 0 Å². The molecule has 3 nitrogen and oxygen atoms in total. The van der Waals surface area contributed by atoms with Crippen molar-refractivity contribution < 1.29 is 16.2 Å². The second-order valence-electron chi connectivity index (χ2n) is 7.19. The Hall–Kier alpha value is -3.20. The Labute approximate surface area is 190 Å². The predicted octanol–water partition coefficient (Wildman–Crippen LogP) is 5.24. The van der Waals surface area contributed by atoms with Crippen molar-refractivity contribution in [2.45, 2.75) is 6.17 Å². The predicted molar refractivity (Wildman–Crippen MR) is 127 cm³/mol. The summed E-state index contributed by atoms with van der Waals surface area (Å²) in [5.41, 5.74) is 8.62. The number of anilines is 2. The Balaban J connectivity index is 1.69. The van der Waals surface area contributed by atoms with Gasteiger partial charge in [0.15, 0.2) is 0 Å². The topological polar surface area (TPSA) is 18.5 Å². The van der Waals surface area contributed by atoms with E-state index in [0.717, 1.165) is 5.69 Å². The van der Waals surface area contributed by atoms with Crippen LogP contribution in [0.25, 0.3) is 0 Å². The summed E-state index contributed by atoms with van der Waals surface area (Å²) in [6.07, 6.45) is 0.0253. The summed E-state index contributed by atoms with van der Waals surface area (Å²) >= 11 is -0.205. The van der Waals surface area contributed by atoms with E-state index in [1.54, 1.807) is 0 Å². The standard InChI is InChI=1S/C20H17N3.C7H6.Ru/c1-4-10-17(11-5-1)20-21-23(19-14-8-3-9-15-19)16-22(20)18-12-6-2-7-13-18;1-7-5-3-2-4-6-7;/h1-15,20-21H;1-6H;. The van der Waals surface area contributed by atoms with E-state index in [1.165, 1.54) is 21.2 Å². The quantitative estimate of drug-likeness (QED) is 0.395. The van der Waals surface area contributed by atoms with Crippen LogP contribution in [0.5, 0.6) is 0 Å². The first kappa shape index (κ1) is 19.7. The van der Waals surface area contributed by atoms with Crippen molar-refractivity contribution in [1.82, 2.24) is 5.43 Å². The van der Waals surface area contributed by atoms with Gasteiger partial charge in [-0.2, -0.15) is 0 Å². The summed E-state index contributed by atoms with van der Waals surface area (Å²) in [4.78, 5) is 2.44. The summed E-state index contributed by atoms with van der Waals surface area (Å²) in [5.74, 6) is 0. The number of benzene rings is 4. The van der Waals surface area contributed by atoms with Crippen LogP contribution in [0.2, 0.25) is 0 Å². The average molecular weight is 491 g/mol. The Bertz CT molecular complexity index is 1190. The van der Waals surface area contributed by atoms with E-state index in [2.05, 4.69) is 141 Å². The number of hydrogen-bond acceptors (Lipinski definition) is 3. The van der Waals surface area contributed by atoms with Crippen LogP contribution >= 0.6 is 0 Å². The number of nitrogens with zero attached hydrogens (tertiary/aromatic N) is 2. The third-order valence-electron chi connectivity index (χ3n) is 5.11. The molecule has 1 heterocycles. The minimum absolute atomic E-state index is 0.0253. The molecule has 1 fully saturated rings. The molecular formula is C27H23N3Ru. The van der Waals surface area contributed by atoms with E-state index in [-0.39, 0.29) is 22.4 Å². The van der Waals surface area contributed by atoms with Crippen molar-refractivity contribution >= 4 is 20.3 Å². The Kier molecular flexibility index (Phi) is 5.93. The molecule has 0 aliphatic carbocycles. The Morgan fingerprint density at radius 3 is 1.74 bits per heavy atom. The van der Waals surface area contributed by atoms with E-state index in [9.17, 15) is 0 Å². The van der Waals surface area contributed by atoms with Crippen molar-refractivity contribution in [3.8, 4) is 0 Å². The first-order valence-electron chi connectivity index (χ1n) is 10.3. The zero-order chi connectivity index (χ0) is 20.9. The van der Waals surface area contributed by atoms with Gasteiger partial charge in [-0.15, -0.1) is 0 Å². The van der Waals surface area contributed by atoms with Crippen molar-refractivity contribution in [2.24, 2.45) is 0 Å². The summed E-state index contributed by atoms with van der Waals surface area (Å²) in [7, 11) is 0. The molecule has 1 saturated heterocycles. The first-order valence-corrected chi connectivity index (χ1v) is 12.1. The van der Waals surface area contributed by atoms with Crippen LogP contribution in [0.3, 0.4) is 0 Å². The van der Waals surface area contributed by atoms with Crippen LogP contribution in [0.4, 0.5) is 11.4 Å². The molecule has 0 saturated carbocycles. The fourth-order valence-electron chi connectivity index (χ4n) is 3.62. The molecule has 1 aliphatic heterocycles. The normalized spacial score (nSPS) is 15.9. The third-order valence-corrected chi connectivity index (χ3v) is 7.19. The molecule has 0 radical (unpaired) electrons. The maximum absolute atomic E-state index is 3.78. The van der Waals surface area contributed by atoms with Crippen LogP contribution in [-0.2, 0) is 16.2 Å². The third kappa shape index (κ3) is 4.32. The monoisotopic (exact) mass is 491 g/mol. The SMILES string of the molecule is [CH](=[Ru]=[C]1N(c2ccccc2)NC(c2ccccc2)N1c1ccccc1)c1ccccc1. The van der Waals surface area contributed by atoms with Crippen LogP contribution in [0.15, 0.2) is 121 Å². The van der Waals surface area contributed by atoms with Gasteiger partial charge in [-0.25, -0.2) is 0 Å². The average Bonchev–Trinajstić information content (AvgIpc) is 3.24. The number of nitrogens with one attached hydrogen (secondary N) is 1. The van der Waals surface area contributed by atoms with Crippen molar-refractivity contribution in [3.63, 3.8) is 0 Å². The van der Waals surface area contributed by atoms with E-state index >= 15 is 0 Å². The van der Waals surface area contributed by atoms with Gasteiger partial charge in [0, 0.05) is 0 Å². The fraction of sp³-hybridized carbons (Fsp3) is 0.0370. The van der Waals surface area contributed by atoms with Gasteiger partial charge in [-0.1, -0.05) is 0 Å². The summed E-state index contributed by atoms with van der Waals surface area (Å²) in [6, 6.07) is 42.5. The molecule has 1 unspecified atom stereocenters. The maximum atomic E-state index is 3.78. The van der Waals surface area contributed by atoms with Gasteiger partial charge in [-0.3, -0.25) is 0 Å². The molecule has 1 atom stereocenters. The first-order chi connectivity index (χ1) is 15.4.